The zero-order valence-corrected chi connectivity index (χ0v) is 10.6. The maximum Gasteiger partial charge on any atom is 0.339 e. The minimum atomic E-state index is -3.22. The number of rotatable bonds is 0. The first kappa shape index (κ1) is 12.8. The smallest absolute Gasteiger partial charge is 0.271 e. The quantitative estimate of drug-likeness (QED) is 0.633. The molecule has 0 unspecified atom stereocenters. The second-order valence-corrected chi connectivity index (χ2v) is 9.23. The zero-order valence-electron chi connectivity index (χ0n) is 7.48. The number of fused-ring (bicyclic) bond motifs is 1. The van der Waals surface area contributed by atoms with Crippen LogP contribution in [0, 0.1) is 0 Å². The van der Waals surface area contributed by atoms with Gasteiger partial charge in [0.15, 0.2) is 0 Å². The van der Waals surface area contributed by atoms with Gasteiger partial charge in [0.2, 0.25) is 0 Å². The predicted octanol–water partition coefficient (Wildman–Crippen LogP) is 5.05. The van der Waals surface area contributed by atoms with E-state index in [1.165, 1.54) is 5.39 Å². The average molecular weight is 282 g/mol. The Labute approximate surface area is 102 Å². The molecule has 2 nitrogen and oxygen atoms in total. The molecule has 0 aliphatic rings. The molecule has 6 heteroatoms. The molecule has 1 heterocycles. The van der Waals surface area contributed by atoms with Gasteiger partial charge >= 0.3 is 5.20 Å². The van der Waals surface area contributed by atoms with E-state index in [1.54, 1.807) is 0 Å². The number of hydrogen-bond donors (Lipinski definition) is 0. The number of hydrogen-bond acceptors (Lipinski definition) is 2. The molecule has 1 aromatic carbocycles. The number of benzene rings is 1. The Balaban J connectivity index is 0.000000195. The molecule has 2 aromatic rings. The minimum Gasteiger partial charge on any atom is -0.271 e. The summed E-state index contributed by atoms with van der Waals surface area (Å²) in [5.41, 5.74) is 1.06. The van der Waals surface area contributed by atoms with E-state index < -0.39 is 5.20 Å². The molecule has 2 rings (SSSR count). The lowest BCUT2D eigenvalue weighted by molar-refractivity contribution is 0.600. The Morgan fingerprint density at radius 1 is 1.00 bits per heavy atom. The van der Waals surface area contributed by atoms with Gasteiger partial charge < -0.3 is 0 Å². The highest BCUT2D eigenvalue weighted by Crippen LogP contribution is 2.61. The Kier molecular flexibility index (Phi) is 4.88. The molecule has 0 spiro atoms. The molecule has 0 bridgehead atoms. The van der Waals surface area contributed by atoms with E-state index in [0.29, 0.717) is 0 Å². The van der Waals surface area contributed by atoms with Crippen molar-refractivity contribution in [1.82, 2.24) is 4.98 Å². The van der Waals surface area contributed by atoms with Crippen LogP contribution in [-0.2, 0) is 4.57 Å². The van der Waals surface area contributed by atoms with Crippen LogP contribution in [0.5, 0.6) is 0 Å². The van der Waals surface area contributed by atoms with Gasteiger partial charge in [-0.15, -0.1) is 0 Å². The van der Waals surface area contributed by atoms with Crippen molar-refractivity contribution in [3.05, 3.63) is 42.6 Å². The number of nitrogens with zero attached hydrogens (tertiary/aromatic N) is 1. The van der Waals surface area contributed by atoms with Crippen LogP contribution in [0.1, 0.15) is 0 Å². The number of pyridine rings is 1. The topological polar surface area (TPSA) is 30.0 Å². The molecule has 0 saturated heterocycles. The highest BCUT2D eigenvalue weighted by molar-refractivity contribution is 8.24. The number of para-hydroxylation sites is 1. The van der Waals surface area contributed by atoms with Crippen LogP contribution in [-0.4, -0.2) is 4.98 Å². The van der Waals surface area contributed by atoms with Crippen LogP contribution in [0.15, 0.2) is 42.6 Å². The molecule has 0 aliphatic carbocycles. The van der Waals surface area contributed by atoms with E-state index in [2.05, 4.69) is 50.8 Å². The fourth-order valence-corrected chi connectivity index (χ4v) is 1.02. The first-order valence-corrected chi connectivity index (χ1v) is 8.38. The Morgan fingerprint density at radius 2 is 1.53 bits per heavy atom. The maximum atomic E-state index is 9.51. The summed E-state index contributed by atoms with van der Waals surface area (Å²) < 4.78 is 9.51. The maximum absolute atomic E-state index is 9.51. The third-order valence-corrected chi connectivity index (χ3v) is 1.51. The van der Waals surface area contributed by atoms with Crippen molar-refractivity contribution in [2.24, 2.45) is 0 Å². The van der Waals surface area contributed by atoms with Crippen molar-refractivity contribution in [3.63, 3.8) is 0 Å². The fourth-order valence-electron chi connectivity index (χ4n) is 1.02. The first-order chi connectivity index (χ1) is 6.97. The van der Waals surface area contributed by atoms with Crippen molar-refractivity contribution in [1.29, 1.82) is 0 Å². The summed E-state index contributed by atoms with van der Waals surface area (Å²) in [5, 5.41) is -2.02. The van der Waals surface area contributed by atoms with Crippen molar-refractivity contribution < 1.29 is 4.57 Å². The molecule has 0 saturated carbocycles. The lowest BCUT2D eigenvalue weighted by Gasteiger charge is -1.91. The SMILES string of the molecule is O=P(Cl)(Cl)Cl.c1ccc2ncccc2c1. The summed E-state index contributed by atoms with van der Waals surface area (Å²) in [6, 6.07) is 12.1. The molecule has 0 fully saturated rings. The van der Waals surface area contributed by atoms with E-state index in [-0.39, 0.29) is 0 Å². The molecule has 1 aromatic heterocycles. The summed E-state index contributed by atoms with van der Waals surface area (Å²) in [6.07, 6.45) is 1.81. The summed E-state index contributed by atoms with van der Waals surface area (Å²) >= 11 is 13.8. The van der Waals surface area contributed by atoms with Crippen LogP contribution < -0.4 is 0 Å². The molecule has 0 aliphatic heterocycles. The van der Waals surface area contributed by atoms with Gasteiger partial charge in [-0.1, -0.05) is 24.3 Å². The normalized spacial score (nSPS) is 10.6. The third kappa shape index (κ3) is 6.01. The van der Waals surface area contributed by atoms with E-state index in [0.717, 1.165) is 5.52 Å². The molecule has 0 amide bonds. The van der Waals surface area contributed by atoms with E-state index in [9.17, 15) is 4.57 Å². The lowest BCUT2D eigenvalue weighted by Crippen LogP contribution is -1.73. The molecule has 0 N–H and O–H groups in total. The lowest BCUT2D eigenvalue weighted by atomic mass is 10.2. The summed E-state index contributed by atoms with van der Waals surface area (Å²) in [4.78, 5) is 4.18. The standard InChI is InChI=1S/C9H7N.Cl3OP/c1-2-6-9-8(4-1)5-3-7-10-9;1-5(2,3)4/h1-7H;. The molecule has 80 valence electrons. The summed E-state index contributed by atoms with van der Waals surface area (Å²) in [5.74, 6) is 0. The Bertz CT molecular complexity index is 412. The summed E-state index contributed by atoms with van der Waals surface area (Å²) in [6.45, 7) is 0. The summed E-state index contributed by atoms with van der Waals surface area (Å²) in [7, 11) is 0. The van der Waals surface area contributed by atoms with Gasteiger partial charge in [0.25, 0.3) is 0 Å². The van der Waals surface area contributed by atoms with Crippen LogP contribution in [0.25, 0.3) is 10.9 Å². The average Bonchev–Trinajstić information content (AvgIpc) is 2.16. The van der Waals surface area contributed by atoms with Crippen LogP contribution >= 0.6 is 38.9 Å². The second-order valence-electron chi connectivity index (χ2n) is 2.59. The van der Waals surface area contributed by atoms with Crippen LogP contribution in [0.4, 0.5) is 0 Å². The van der Waals surface area contributed by atoms with Crippen LogP contribution in [0.3, 0.4) is 0 Å². The van der Waals surface area contributed by atoms with E-state index in [4.69, 9.17) is 0 Å². The van der Waals surface area contributed by atoms with Gasteiger partial charge in [-0.05, 0) is 45.9 Å². The highest BCUT2D eigenvalue weighted by Gasteiger charge is 2.02. The highest BCUT2D eigenvalue weighted by atomic mass is 36.0. The molecule has 15 heavy (non-hydrogen) atoms. The van der Waals surface area contributed by atoms with Gasteiger partial charge in [-0.25, -0.2) is 0 Å². The molecule has 0 radical (unpaired) electrons. The second kappa shape index (κ2) is 5.72. The molecular weight excluding hydrogens is 275 g/mol. The first-order valence-electron chi connectivity index (χ1n) is 3.95. The fraction of sp³-hybridized carbons (Fsp3) is 0. The molecular formula is C9H7Cl3NOP. The van der Waals surface area contributed by atoms with Crippen molar-refractivity contribution in [3.8, 4) is 0 Å². The number of halogens is 3. The van der Waals surface area contributed by atoms with Gasteiger partial charge in [0, 0.05) is 11.6 Å². The van der Waals surface area contributed by atoms with Gasteiger partial charge in [0.05, 0.1) is 5.52 Å². The van der Waals surface area contributed by atoms with E-state index in [1.807, 2.05) is 30.5 Å². The predicted molar refractivity (Wildman–Crippen MR) is 66.9 cm³/mol. The Morgan fingerprint density at radius 3 is 2.13 bits per heavy atom. The zero-order chi connectivity index (χ0) is 11.3. The van der Waals surface area contributed by atoms with Crippen LogP contribution in [0.2, 0.25) is 0 Å². The van der Waals surface area contributed by atoms with Crippen molar-refractivity contribution in [2.45, 2.75) is 0 Å². The molecule has 0 atom stereocenters. The largest absolute Gasteiger partial charge is 0.339 e. The van der Waals surface area contributed by atoms with E-state index >= 15 is 0 Å². The number of aromatic nitrogens is 1. The van der Waals surface area contributed by atoms with Crippen molar-refractivity contribution in [2.75, 3.05) is 0 Å². The van der Waals surface area contributed by atoms with Gasteiger partial charge in [-0.3, -0.25) is 9.55 Å². The third-order valence-electron chi connectivity index (χ3n) is 1.51. The monoisotopic (exact) mass is 281 g/mol. The van der Waals surface area contributed by atoms with Gasteiger partial charge in [-0.2, -0.15) is 0 Å². The minimum absolute atomic E-state index is 1.06. The Hall–Kier alpha value is -0.270. The van der Waals surface area contributed by atoms with Gasteiger partial charge in [0.1, 0.15) is 0 Å². The van der Waals surface area contributed by atoms with Crippen molar-refractivity contribution >= 4 is 49.8 Å².